The maximum Gasteiger partial charge on any atom is 0.175 e. The summed E-state index contributed by atoms with van der Waals surface area (Å²) in [6.07, 6.45) is 4.54. The minimum atomic E-state index is -0.611. The number of rotatable bonds is 1. The van der Waals surface area contributed by atoms with Gasteiger partial charge in [0.1, 0.15) is 0 Å². The summed E-state index contributed by atoms with van der Waals surface area (Å²) in [6, 6.07) is 18.5. The Balaban J connectivity index is 1.90. The minimum absolute atomic E-state index is 0.174. The molecule has 0 saturated heterocycles. The topological polar surface area (TPSA) is 30.0 Å². The van der Waals surface area contributed by atoms with E-state index in [1.165, 1.54) is 29.5 Å². The van der Waals surface area contributed by atoms with E-state index in [2.05, 4.69) is 30.3 Å². The predicted molar refractivity (Wildman–Crippen MR) is 109 cm³/mol. The summed E-state index contributed by atoms with van der Waals surface area (Å²) >= 11 is 0. The highest BCUT2D eigenvalue weighted by atomic mass is 16.1. The van der Waals surface area contributed by atoms with Crippen LogP contribution in [0.1, 0.15) is 53.9 Å². The number of Topliss-reactive ketones (excluding diaryl/α,β-unsaturated/α-hetero) is 1. The molecule has 1 aromatic heterocycles. The second-order valence-electron chi connectivity index (χ2n) is 8.21. The van der Waals surface area contributed by atoms with Gasteiger partial charge < -0.3 is 0 Å². The van der Waals surface area contributed by atoms with Crippen LogP contribution in [-0.2, 0) is 18.3 Å². The average molecular weight is 353 g/mol. The van der Waals surface area contributed by atoms with E-state index in [-0.39, 0.29) is 5.78 Å². The lowest BCUT2D eigenvalue weighted by molar-refractivity contribution is 0.0903. The van der Waals surface area contributed by atoms with Crippen molar-refractivity contribution in [3.8, 4) is 22.4 Å². The Morgan fingerprint density at radius 1 is 0.815 bits per heavy atom. The van der Waals surface area contributed by atoms with Gasteiger partial charge in [-0.2, -0.15) is 0 Å². The molecule has 0 N–H and O–H groups in total. The number of aromatic nitrogens is 1. The molecule has 0 amide bonds. The van der Waals surface area contributed by atoms with Gasteiger partial charge in [-0.15, -0.1) is 0 Å². The molecule has 2 nitrogen and oxygen atoms in total. The Morgan fingerprint density at radius 3 is 2.19 bits per heavy atom. The summed E-state index contributed by atoms with van der Waals surface area (Å²) in [4.78, 5) is 18.5. The number of pyridine rings is 1. The van der Waals surface area contributed by atoms with Crippen LogP contribution in [0.5, 0.6) is 0 Å². The molecule has 2 aliphatic rings. The molecule has 0 atom stereocenters. The molecule has 0 bridgehead atoms. The third-order valence-corrected chi connectivity index (χ3v) is 6.16. The predicted octanol–water partition coefficient (Wildman–Crippen LogP) is 5.77. The van der Waals surface area contributed by atoms with Crippen molar-refractivity contribution in [2.24, 2.45) is 0 Å². The molecule has 27 heavy (non-hydrogen) atoms. The molecular formula is C25H23NO. The van der Waals surface area contributed by atoms with E-state index in [1.807, 2.05) is 38.1 Å². The van der Waals surface area contributed by atoms with Crippen LogP contribution in [0.2, 0.25) is 0 Å². The maximum atomic E-state index is 13.3. The van der Waals surface area contributed by atoms with Crippen LogP contribution in [0.4, 0.5) is 0 Å². The summed E-state index contributed by atoms with van der Waals surface area (Å²) in [5, 5.41) is 0. The molecule has 0 aliphatic heterocycles. The Labute approximate surface area is 160 Å². The number of carbonyl (C=O) groups excluding carboxylic acids is 1. The molecular weight excluding hydrogens is 330 g/mol. The molecule has 0 saturated carbocycles. The van der Waals surface area contributed by atoms with E-state index in [0.29, 0.717) is 0 Å². The number of hydrogen-bond acceptors (Lipinski definition) is 2. The first kappa shape index (κ1) is 16.4. The van der Waals surface area contributed by atoms with Crippen LogP contribution in [0, 0.1) is 0 Å². The molecule has 0 unspecified atom stereocenters. The van der Waals surface area contributed by atoms with Crippen molar-refractivity contribution in [3.05, 3.63) is 77.0 Å². The Kier molecular flexibility index (Phi) is 3.58. The summed E-state index contributed by atoms with van der Waals surface area (Å²) < 4.78 is 0. The van der Waals surface area contributed by atoms with E-state index in [4.69, 9.17) is 4.98 Å². The van der Waals surface area contributed by atoms with Gasteiger partial charge in [0.25, 0.3) is 0 Å². The minimum Gasteiger partial charge on any atom is -0.293 e. The van der Waals surface area contributed by atoms with Crippen molar-refractivity contribution < 1.29 is 4.79 Å². The second kappa shape index (κ2) is 5.88. The van der Waals surface area contributed by atoms with Crippen molar-refractivity contribution in [1.29, 1.82) is 0 Å². The largest absolute Gasteiger partial charge is 0.293 e. The van der Waals surface area contributed by atoms with Crippen molar-refractivity contribution in [1.82, 2.24) is 4.98 Å². The number of fused-ring (bicyclic) bond motifs is 5. The van der Waals surface area contributed by atoms with E-state index in [0.717, 1.165) is 40.9 Å². The number of benzene rings is 2. The normalized spacial score (nSPS) is 17.0. The molecule has 2 aromatic carbocycles. The lowest BCUT2D eigenvalue weighted by Gasteiger charge is -2.35. The monoisotopic (exact) mass is 353 g/mol. The van der Waals surface area contributed by atoms with E-state index in [1.54, 1.807) is 0 Å². The van der Waals surface area contributed by atoms with E-state index < -0.39 is 5.41 Å². The van der Waals surface area contributed by atoms with Gasteiger partial charge in [-0.1, -0.05) is 54.6 Å². The quantitative estimate of drug-likeness (QED) is 0.556. The Bertz CT molecular complexity index is 1060. The van der Waals surface area contributed by atoms with Crippen molar-refractivity contribution in [3.63, 3.8) is 0 Å². The van der Waals surface area contributed by atoms with E-state index >= 15 is 0 Å². The zero-order chi connectivity index (χ0) is 18.6. The highest BCUT2D eigenvalue weighted by Gasteiger charge is 2.42. The SMILES string of the molecule is CC1(C)C(=O)c2ccccc2-c2c1nc(-c1ccccc1)c1c2CCCC1. The first-order chi connectivity index (χ1) is 13.1. The first-order valence-electron chi connectivity index (χ1n) is 9.85. The fraction of sp³-hybridized carbons (Fsp3) is 0.280. The lowest BCUT2D eigenvalue weighted by atomic mass is 9.68. The van der Waals surface area contributed by atoms with Gasteiger partial charge in [-0.25, -0.2) is 0 Å². The summed E-state index contributed by atoms with van der Waals surface area (Å²) in [5.41, 5.74) is 8.50. The third kappa shape index (κ3) is 2.32. The molecule has 2 heteroatoms. The van der Waals surface area contributed by atoms with E-state index in [9.17, 15) is 4.79 Å². The number of hydrogen-bond donors (Lipinski definition) is 0. The van der Waals surface area contributed by atoms with Gasteiger partial charge >= 0.3 is 0 Å². The highest BCUT2D eigenvalue weighted by Crippen LogP contribution is 2.47. The fourth-order valence-electron chi connectivity index (χ4n) is 4.74. The molecule has 0 radical (unpaired) electrons. The van der Waals surface area contributed by atoms with Crippen LogP contribution < -0.4 is 0 Å². The summed E-state index contributed by atoms with van der Waals surface area (Å²) in [5.74, 6) is 0.174. The fourth-order valence-corrected chi connectivity index (χ4v) is 4.74. The van der Waals surface area contributed by atoms with Gasteiger partial charge in [0.15, 0.2) is 5.78 Å². The first-order valence-corrected chi connectivity index (χ1v) is 9.85. The van der Waals surface area contributed by atoms with Crippen LogP contribution in [0.15, 0.2) is 54.6 Å². The maximum absolute atomic E-state index is 13.3. The van der Waals surface area contributed by atoms with Gasteiger partial charge in [0, 0.05) is 16.7 Å². The Morgan fingerprint density at radius 2 is 1.44 bits per heavy atom. The summed E-state index contributed by atoms with van der Waals surface area (Å²) in [7, 11) is 0. The van der Waals surface area contributed by atoms with Gasteiger partial charge in [-0.3, -0.25) is 9.78 Å². The smallest absolute Gasteiger partial charge is 0.175 e. The molecule has 1 heterocycles. The number of carbonyl (C=O) groups is 1. The van der Waals surface area contributed by atoms with Crippen LogP contribution in [-0.4, -0.2) is 10.8 Å². The highest BCUT2D eigenvalue weighted by molar-refractivity contribution is 6.12. The van der Waals surface area contributed by atoms with Gasteiger partial charge in [0.05, 0.1) is 16.8 Å². The van der Waals surface area contributed by atoms with Gasteiger partial charge in [0.2, 0.25) is 0 Å². The van der Waals surface area contributed by atoms with Crippen LogP contribution in [0.25, 0.3) is 22.4 Å². The number of ketones is 1. The lowest BCUT2D eigenvalue weighted by Crippen LogP contribution is -2.35. The van der Waals surface area contributed by atoms with Crippen molar-refractivity contribution in [2.75, 3.05) is 0 Å². The average Bonchev–Trinajstić information content (AvgIpc) is 2.72. The standard InChI is InChI=1S/C25H23NO/c1-25(2)23-21(18-13-7-9-15-20(18)24(25)27)17-12-6-8-14-19(17)22(26-23)16-10-4-3-5-11-16/h3-5,7,9-11,13,15H,6,8,12,14H2,1-2H3. The van der Waals surface area contributed by atoms with Crippen molar-refractivity contribution >= 4 is 5.78 Å². The zero-order valence-corrected chi connectivity index (χ0v) is 15.9. The van der Waals surface area contributed by atoms with Crippen LogP contribution in [0.3, 0.4) is 0 Å². The third-order valence-electron chi connectivity index (χ3n) is 6.16. The number of nitrogens with zero attached hydrogens (tertiary/aromatic N) is 1. The zero-order valence-electron chi connectivity index (χ0n) is 15.9. The molecule has 0 fully saturated rings. The molecule has 3 aromatic rings. The van der Waals surface area contributed by atoms with Gasteiger partial charge in [-0.05, 0) is 56.2 Å². The molecule has 2 aliphatic carbocycles. The van der Waals surface area contributed by atoms with Crippen molar-refractivity contribution in [2.45, 2.75) is 44.9 Å². The molecule has 0 spiro atoms. The second-order valence-corrected chi connectivity index (χ2v) is 8.21. The molecule has 134 valence electrons. The molecule has 5 rings (SSSR count). The Hall–Kier alpha value is -2.74. The van der Waals surface area contributed by atoms with Crippen LogP contribution >= 0.6 is 0 Å². The summed E-state index contributed by atoms with van der Waals surface area (Å²) in [6.45, 7) is 4.06.